The average Bonchev–Trinajstić information content (AvgIpc) is 3.87. The van der Waals surface area contributed by atoms with E-state index in [0.29, 0.717) is 0 Å². The molecule has 0 atom stereocenters. The summed E-state index contributed by atoms with van der Waals surface area (Å²) in [5.41, 5.74) is 20.5. The molecule has 0 saturated carbocycles. The van der Waals surface area contributed by atoms with E-state index >= 15 is 0 Å². The van der Waals surface area contributed by atoms with Gasteiger partial charge in [-0.1, -0.05) is 237 Å². The molecule has 14 rings (SSSR count). The quantitative estimate of drug-likeness (QED) is 0.146. The van der Waals surface area contributed by atoms with E-state index < -0.39 is 10.8 Å². The molecule has 0 aromatic heterocycles. The zero-order valence-corrected chi connectivity index (χ0v) is 38.3. The molecule has 0 fully saturated rings. The number of benzene rings is 12. The van der Waals surface area contributed by atoms with Crippen molar-refractivity contribution >= 4 is 32.3 Å². The van der Waals surface area contributed by atoms with Crippen molar-refractivity contribution in [3.8, 4) is 44.5 Å². The van der Waals surface area contributed by atoms with Crippen LogP contribution in [0.4, 0.5) is 0 Å². The second-order valence-electron chi connectivity index (χ2n) is 19.0. The van der Waals surface area contributed by atoms with Gasteiger partial charge in [-0.05, 0) is 158 Å². The molecule has 0 heteroatoms. The predicted molar refractivity (Wildman–Crippen MR) is 289 cm³/mol. The van der Waals surface area contributed by atoms with Crippen LogP contribution in [0.25, 0.3) is 76.8 Å². The molecule has 0 heterocycles. The fourth-order valence-corrected chi connectivity index (χ4v) is 13.0. The van der Waals surface area contributed by atoms with Gasteiger partial charge in [-0.2, -0.15) is 0 Å². The number of hydrogen-bond acceptors (Lipinski definition) is 0. The predicted octanol–water partition coefficient (Wildman–Crippen LogP) is 17.5. The summed E-state index contributed by atoms with van der Waals surface area (Å²) in [4.78, 5) is 0. The van der Waals surface area contributed by atoms with Gasteiger partial charge < -0.3 is 0 Å². The smallest absolute Gasteiger partial charge is 0.0622 e. The summed E-state index contributed by atoms with van der Waals surface area (Å²) in [5.74, 6) is 0. The van der Waals surface area contributed by atoms with Crippen LogP contribution in [0.1, 0.15) is 50.1 Å². The van der Waals surface area contributed by atoms with Crippen LogP contribution in [0.5, 0.6) is 0 Å². The van der Waals surface area contributed by atoms with Gasteiger partial charge in [0.15, 0.2) is 0 Å². The SMILES string of the molecule is Cc1cc2c(c3ccccc13)-c1cc3c(cc1C2(c1ccccc1)c1ccccc1)-c1cc2c(-c4ccccc4)c4ccccc4c(-c4ccccc4)c2cc1C3(c1ccccc1)c1ccccc1. The number of fused-ring (bicyclic) bond motifs is 10. The summed E-state index contributed by atoms with van der Waals surface area (Å²) in [5, 5.41) is 7.60. The van der Waals surface area contributed by atoms with Gasteiger partial charge in [-0.3, -0.25) is 0 Å². The average molecular weight is 875 g/mol. The monoisotopic (exact) mass is 874 g/mol. The van der Waals surface area contributed by atoms with E-state index in [4.69, 9.17) is 0 Å². The third kappa shape index (κ3) is 5.46. The van der Waals surface area contributed by atoms with E-state index in [1.165, 1.54) is 127 Å². The molecule has 0 saturated heterocycles. The second kappa shape index (κ2) is 15.2. The zero-order chi connectivity index (χ0) is 45.7. The maximum atomic E-state index is 2.64. The molecule has 2 aliphatic carbocycles. The largest absolute Gasteiger partial charge is 0.0714 e. The highest BCUT2D eigenvalue weighted by molar-refractivity contribution is 6.23. The molecule has 0 aliphatic heterocycles. The first-order valence-electron chi connectivity index (χ1n) is 24.3. The van der Waals surface area contributed by atoms with Crippen molar-refractivity contribution in [2.45, 2.75) is 17.8 Å². The maximum Gasteiger partial charge on any atom is 0.0714 e. The Labute approximate surface area is 403 Å². The molecule has 0 bridgehead atoms. The van der Waals surface area contributed by atoms with Gasteiger partial charge >= 0.3 is 0 Å². The Balaban J connectivity index is 1.22. The Morgan fingerprint density at radius 2 is 0.551 bits per heavy atom. The summed E-state index contributed by atoms with van der Waals surface area (Å²) in [6.07, 6.45) is 0. The number of hydrogen-bond donors (Lipinski definition) is 0. The Morgan fingerprint density at radius 1 is 0.232 bits per heavy atom. The minimum absolute atomic E-state index is 0.593. The minimum atomic E-state index is -0.658. The van der Waals surface area contributed by atoms with Gasteiger partial charge in [0, 0.05) is 0 Å². The summed E-state index contributed by atoms with van der Waals surface area (Å²) in [7, 11) is 0. The molecule has 0 nitrogen and oxygen atoms in total. The summed E-state index contributed by atoms with van der Waals surface area (Å²) >= 11 is 0. The minimum Gasteiger partial charge on any atom is -0.0622 e. The van der Waals surface area contributed by atoms with Crippen LogP contribution in [-0.2, 0) is 10.8 Å². The van der Waals surface area contributed by atoms with E-state index in [9.17, 15) is 0 Å². The third-order valence-electron chi connectivity index (χ3n) is 15.7. The lowest BCUT2D eigenvalue weighted by atomic mass is 9.65. The Bertz CT molecular complexity index is 3890. The summed E-state index contributed by atoms with van der Waals surface area (Å²) < 4.78 is 0. The van der Waals surface area contributed by atoms with Crippen molar-refractivity contribution in [3.05, 3.63) is 311 Å². The van der Waals surface area contributed by atoms with E-state index in [-0.39, 0.29) is 0 Å². The molecule has 0 unspecified atom stereocenters. The standard InChI is InChI=1S/C69H46/c1-45-40-64-67(53-37-21-20-36-52(45)53)60-44-62-57(42-63(60)69(64,50-32-16-6-17-33-50)51-34-18-7-19-35-51)56-41-58-59(43-61(56)68(62,48-28-12-4-13-29-48)49-30-14-5-15-31-49)66(47-26-10-3-11-27-47)55-39-23-22-38-54(55)65(58)46-24-8-2-9-25-46/h2-44H,1H3. The van der Waals surface area contributed by atoms with Crippen molar-refractivity contribution in [3.63, 3.8) is 0 Å². The molecule has 2 aliphatic rings. The van der Waals surface area contributed by atoms with Crippen LogP contribution in [0.2, 0.25) is 0 Å². The van der Waals surface area contributed by atoms with Gasteiger partial charge in [0.05, 0.1) is 10.8 Å². The first-order chi connectivity index (χ1) is 34.2. The van der Waals surface area contributed by atoms with Crippen LogP contribution in [0.3, 0.4) is 0 Å². The van der Waals surface area contributed by atoms with Crippen LogP contribution in [0, 0.1) is 6.92 Å². The van der Waals surface area contributed by atoms with Gasteiger partial charge in [0.2, 0.25) is 0 Å². The van der Waals surface area contributed by atoms with Crippen molar-refractivity contribution < 1.29 is 0 Å². The first-order valence-corrected chi connectivity index (χ1v) is 24.3. The van der Waals surface area contributed by atoms with Gasteiger partial charge in [-0.15, -0.1) is 0 Å². The van der Waals surface area contributed by atoms with Gasteiger partial charge in [-0.25, -0.2) is 0 Å². The molecule has 69 heavy (non-hydrogen) atoms. The fourth-order valence-electron chi connectivity index (χ4n) is 13.0. The molecule has 12 aromatic rings. The van der Waals surface area contributed by atoms with E-state index in [1.54, 1.807) is 0 Å². The van der Waals surface area contributed by atoms with Crippen molar-refractivity contribution in [2.24, 2.45) is 0 Å². The zero-order valence-electron chi connectivity index (χ0n) is 38.3. The highest BCUT2D eigenvalue weighted by Crippen LogP contribution is 2.64. The molecular formula is C69H46. The van der Waals surface area contributed by atoms with E-state index in [0.717, 1.165) is 0 Å². The highest BCUT2D eigenvalue weighted by Gasteiger charge is 2.52. The lowest BCUT2D eigenvalue weighted by Crippen LogP contribution is -2.30. The molecule has 322 valence electrons. The lowest BCUT2D eigenvalue weighted by molar-refractivity contribution is 0.759. The number of aryl methyl sites for hydroxylation is 1. The summed E-state index contributed by atoms with van der Waals surface area (Å²) in [6.45, 7) is 2.29. The molecular weight excluding hydrogens is 829 g/mol. The molecule has 0 N–H and O–H groups in total. The van der Waals surface area contributed by atoms with Crippen LogP contribution in [-0.4, -0.2) is 0 Å². The normalized spacial score (nSPS) is 13.8. The first kappa shape index (κ1) is 39.6. The van der Waals surface area contributed by atoms with Crippen LogP contribution in [0.15, 0.2) is 261 Å². The maximum absolute atomic E-state index is 2.64. The van der Waals surface area contributed by atoms with Crippen molar-refractivity contribution in [2.75, 3.05) is 0 Å². The topological polar surface area (TPSA) is 0 Å². The Hall–Kier alpha value is -8.58. The van der Waals surface area contributed by atoms with Crippen molar-refractivity contribution in [1.82, 2.24) is 0 Å². The number of rotatable bonds is 6. The molecule has 0 spiro atoms. The summed E-state index contributed by atoms with van der Waals surface area (Å²) in [6, 6.07) is 98.5. The second-order valence-corrected chi connectivity index (χ2v) is 19.0. The van der Waals surface area contributed by atoms with Crippen LogP contribution >= 0.6 is 0 Å². The third-order valence-corrected chi connectivity index (χ3v) is 15.7. The molecule has 0 radical (unpaired) electrons. The van der Waals surface area contributed by atoms with E-state index in [1.807, 2.05) is 0 Å². The Kier molecular flexibility index (Phi) is 8.73. The lowest BCUT2D eigenvalue weighted by Gasteiger charge is -2.35. The van der Waals surface area contributed by atoms with Crippen molar-refractivity contribution in [1.29, 1.82) is 0 Å². The van der Waals surface area contributed by atoms with Gasteiger partial charge in [0.25, 0.3) is 0 Å². The fraction of sp³-hybridized carbons (Fsp3) is 0.0435. The van der Waals surface area contributed by atoms with Gasteiger partial charge in [0.1, 0.15) is 0 Å². The van der Waals surface area contributed by atoms with Crippen LogP contribution < -0.4 is 0 Å². The Morgan fingerprint density at radius 3 is 1.01 bits per heavy atom. The van der Waals surface area contributed by atoms with E-state index in [2.05, 4.69) is 268 Å². The molecule has 0 amide bonds. The highest BCUT2D eigenvalue weighted by atomic mass is 14.5. The molecule has 12 aromatic carbocycles.